The van der Waals surface area contributed by atoms with E-state index in [1.165, 1.54) is 44.5 Å². The predicted octanol–water partition coefficient (Wildman–Crippen LogP) is 8.58. The maximum atomic E-state index is 2.30. The van der Waals surface area contributed by atoms with Gasteiger partial charge in [0.2, 0.25) is 0 Å². The number of hydrogen-bond donors (Lipinski definition) is 0. The van der Waals surface area contributed by atoms with Crippen LogP contribution in [0.25, 0.3) is 5.57 Å². The van der Waals surface area contributed by atoms with E-state index in [1.807, 2.05) is 13.8 Å². The Morgan fingerprint density at radius 2 is 1.16 bits per heavy atom. The first kappa shape index (κ1) is 22.6. The zero-order valence-corrected chi connectivity index (χ0v) is 19.7. The van der Waals surface area contributed by atoms with Gasteiger partial charge in [0.15, 0.2) is 0 Å². The summed E-state index contributed by atoms with van der Waals surface area (Å²) in [6, 6.07) is 27.0. The van der Waals surface area contributed by atoms with Crippen molar-refractivity contribution in [1.82, 2.24) is 0 Å². The molecule has 0 aliphatic heterocycles. The van der Waals surface area contributed by atoms with Crippen LogP contribution >= 0.6 is 0 Å². The monoisotopic (exact) mass is 406 g/mol. The van der Waals surface area contributed by atoms with Crippen LogP contribution in [-0.2, 0) is 5.41 Å². The third kappa shape index (κ3) is 3.95. The molecule has 0 heterocycles. The van der Waals surface area contributed by atoms with Gasteiger partial charge in [0.25, 0.3) is 0 Å². The molecule has 3 aromatic rings. The van der Waals surface area contributed by atoms with Gasteiger partial charge in [0.05, 0.1) is 5.41 Å². The first-order valence-electron chi connectivity index (χ1n) is 11.3. The molecule has 0 radical (unpaired) electrons. The van der Waals surface area contributed by atoms with Gasteiger partial charge in [0, 0.05) is 0 Å². The van der Waals surface area contributed by atoms with Crippen LogP contribution in [0.1, 0.15) is 61.1 Å². The lowest BCUT2D eigenvalue weighted by Crippen LogP contribution is -2.29. The molecule has 0 bridgehead atoms. The Hall–Kier alpha value is -3.12. The second-order valence-corrected chi connectivity index (χ2v) is 7.95. The predicted molar refractivity (Wildman–Crippen MR) is 137 cm³/mol. The zero-order chi connectivity index (χ0) is 22.4. The molecule has 0 aromatic heterocycles. The van der Waals surface area contributed by atoms with E-state index >= 15 is 0 Å². The van der Waals surface area contributed by atoms with Crippen molar-refractivity contribution in [3.8, 4) is 0 Å². The van der Waals surface area contributed by atoms with Crippen molar-refractivity contribution in [2.75, 3.05) is 0 Å². The average Bonchev–Trinajstić information content (AvgIpc) is 3.06. The highest BCUT2D eigenvalue weighted by molar-refractivity contribution is 5.86. The molecular formula is C31H34. The van der Waals surface area contributed by atoms with Crippen LogP contribution in [0.5, 0.6) is 0 Å². The molecule has 0 N–H and O–H groups in total. The fourth-order valence-corrected chi connectivity index (χ4v) is 4.62. The lowest BCUT2D eigenvalue weighted by atomic mass is 9.66. The van der Waals surface area contributed by atoms with Gasteiger partial charge in [-0.05, 0) is 61.1 Å². The van der Waals surface area contributed by atoms with Crippen LogP contribution in [0.3, 0.4) is 0 Å². The van der Waals surface area contributed by atoms with Gasteiger partial charge in [-0.1, -0.05) is 122 Å². The fourth-order valence-electron chi connectivity index (χ4n) is 4.62. The van der Waals surface area contributed by atoms with E-state index in [0.717, 1.165) is 0 Å². The summed E-state index contributed by atoms with van der Waals surface area (Å²) in [5, 5.41) is 0. The Balaban J connectivity index is 0.00000132. The molecule has 0 heteroatoms. The van der Waals surface area contributed by atoms with E-state index in [2.05, 4.69) is 125 Å². The number of benzene rings is 3. The number of rotatable bonds is 4. The first-order chi connectivity index (χ1) is 15.1. The largest absolute Gasteiger partial charge is 0.0877 e. The minimum Gasteiger partial charge on any atom is -0.0877 e. The standard InChI is InChI=1S/C29H28.C2H6/c1-5-6-7-11-27-23(4)26-10-8-9-12-28(26)29(27,24-17-13-21(2)14-18-24)25-19-15-22(3)16-20-25;1-2/h5-20H,1-4H3;1-2H3/b6-5-,11-7-;. The highest BCUT2D eigenvalue weighted by Crippen LogP contribution is 2.54. The van der Waals surface area contributed by atoms with Crippen LogP contribution in [-0.4, -0.2) is 0 Å². The fraction of sp³-hybridized carbons (Fsp3) is 0.226. The van der Waals surface area contributed by atoms with Gasteiger partial charge in [-0.25, -0.2) is 0 Å². The van der Waals surface area contributed by atoms with Crippen LogP contribution in [0, 0.1) is 13.8 Å². The van der Waals surface area contributed by atoms with Gasteiger partial charge in [-0.3, -0.25) is 0 Å². The molecule has 4 rings (SSSR count). The lowest BCUT2D eigenvalue weighted by molar-refractivity contribution is 0.760. The molecule has 1 aliphatic rings. The van der Waals surface area contributed by atoms with Crippen LogP contribution in [0.4, 0.5) is 0 Å². The van der Waals surface area contributed by atoms with Crippen molar-refractivity contribution in [3.63, 3.8) is 0 Å². The molecule has 0 nitrogen and oxygen atoms in total. The summed E-state index contributed by atoms with van der Waals surface area (Å²) in [7, 11) is 0. The zero-order valence-electron chi connectivity index (χ0n) is 19.7. The highest BCUT2D eigenvalue weighted by atomic mass is 14.5. The van der Waals surface area contributed by atoms with E-state index < -0.39 is 0 Å². The van der Waals surface area contributed by atoms with E-state index in [0.29, 0.717) is 0 Å². The smallest absolute Gasteiger partial charge is 0.0710 e. The molecule has 0 saturated carbocycles. The Labute approximate surface area is 188 Å². The Bertz CT molecular complexity index is 1060. The van der Waals surface area contributed by atoms with Gasteiger partial charge in [-0.15, -0.1) is 0 Å². The number of hydrogen-bond acceptors (Lipinski definition) is 0. The minimum atomic E-state index is -0.305. The second-order valence-electron chi connectivity index (χ2n) is 7.95. The topological polar surface area (TPSA) is 0 Å². The molecule has 0 fully saturated rings. The van der Waals surface area contributed by atoms with Crippen molar-refractivity contribution >= 4 is 5.57 Å². The first-order valence-corrected chi connectivity index (χ1v) is 11.3. The normalized spacial score (nSPS) is 14.6. The molecule has 0 spiro atoms. The van der Waals surface area contributed by atoms with Crippen molar-refractivity contribution < 1.29 is 0 Å². The number of aryl methyl sites for hydroxylation is 2. The number of fused-ring (bicyclic) bond motifs is 1. The second kappa shape index (κ2) is 9.79. The lowest BCUT2D eigenvalue weighted by Gasteiger charge is -2.35. The van der Waals surface area contributed by atoms with E-state index in [4.69, 9.17) is 0 Å². The summed E-state index contributed by atoms with van der Waals surface area (Å²) in [6.45, 7) is 12.6. The maximum absolute atomic E-state index is 2.30. The molecular weight excluding hydrogens is 372 g/mol. The van der Waals surface area contributed by atoms with E-state index in [9.17, 15) is 0 Å². The van der Waals surface area contributed by atoms with E-state index in [1.54, 1.807) is 0 Å². The SMILES string of the molecule is C/C=C\C=C/C1=C(C)c2ccccc2C1(c1ccc(C)cc1)c1ccc(C)cc1.CC. The van der Waals surface area contributed by atoms with Gasteiger partial charge >= 0.3 is 0 Å². The summed E-state index contributed by atoms with van der Waals surface area (Å²) >= 11 is 0. The summed E-state index contributed by atoms with van der Waals surface area (Å²) in [5.41, 5.74) is 10.3. The maximum Gasteiger partial charge on any atom is 0.0710 e. The van der Waals surface area contributed by atoms with Crippen LogP contribution < -0.4 is 0 Å². The van der Waals surface area contributed by atoms with Gasteiger partial charge in [0.1, 0.15) is 0 Å². The summed E-state index contributed by atoms with van der Waals surface area (Å²) < 4.78 is 0. The molecule has 158 valence electrons. The molecule has 3 aromatic carbocycles. The van der Waals surface area contributed by atoms with Crippen molar-refractivity contribution in [2.45, 2.75) is 47.0 Å². The quantitative estimate of drug-likeness (QED) is 0.381. The van der Waals surface area contributed by atoms with Crippen LogP contribution in [0.2, 0.25) is 0 Å². The average molecular weight is 407 g/mol. The Kier molecular flexibility index (Phi) is 7.13. The Morgan fingerprint density at radius 3 is 1.68 bits per heavy atom. The summed E-state index contributed by atoms with van der Waals surface area (Å²) in [4.78, 5) is 0. The Morgan fingerprint density at radius 1 is 0.645 bits per heavy atom. The molecule has 0 amide bonds. The molecule has 0 unspecified atom stereocenters. The van der Waals surface area contributed by atoms with Gasteiger partial charge in [-0.2, -0.15) is 0 Å². The van der Waals surface area contributed by atoms with E-state index in [-0.39, 0.29) is 5.41 Å². The van der Waals surface area contributed by atoms with Crippen molar-refractivity contribution in [2.24, 2.45) is 0 Å². The molecule has 0 atom stereocenters. The van der Waals surface area contributed by atoms with Crippen molar-refractivity contribution in [1.29, 1.82) is 0 Å². The number of allylic oxidation sites excluding steroid dienone is 6. The molecule has 31 heavy (non-hydrogen) atoms. The summed E-state index contributed by atoms with van der Waals surface area (Å²) in [5.74, 6) is 0. The third-order valence-electron chi connectivity index (χ3n) is 6.08. The highest BCUT2D eigenvalue weighted by Gasteiger charge is 2.45. The van der Waals surface area contributed by atoms with Crippen LogP contribution in [0.15, 0.2) is 103 Å². The molecule has 1 aliphatic carbocycles. The summed E-state index contributed by atoms with van der Waals surface area (Å²) in [6.07, 6.45) is 8.66. The van der Waals surface area contributed by atoms with Gasteiger partial charge < -0.3 is 0 Å². The van der Waals surface area contributed by atoms with Crippen molar-refractivity contribution in [3.05, 3.63) is 136 Å². The minimum absolute atomic E-state index is 0.305. The molecule has 0 saturated heterocycles. The third-order valence-corrected chi connectivity index (χ3v) is 6.08.